The standard InChI is InChI=1S/C15H23NO3/c1-4-18-13-7-5-12(6-8-13)15-16(11(2)3)9-14(10-17)19-15/h5-8,11,14-15,17H,4,9-10H2,1-3H3. The van der Waals surface area contributed by atoms with Crippen molar-refractivity contribution in [1.82, 2.24) is 4.90 Å². The molecule has 106 valence electrons. The van der Waals surface area contributed by atoms with Gasteiger partial charge in [0.25, 0.3) is 0 Å². The first-order valence-electron chi connectivity index (χ1n) is 6.90. The Hall–Kier alpha value is -1.10. The lowest BCUT2D eigenvalue weighted by molar-refractivity contribution is -0.0266. The Balaban J connectivity index is 2.14. The van der Waals surface area contributed by atoms with Crippen LogP contribution in [-0.4, -0.2) is 41.9 Å². The quantitative estimate of drug-likeness (QED) is 0.886. The van der Waals surface area contributed by atoms with Gasteiger partial charge < -0.3 is 14.6 Å². The van der Waals surface area contributed by atoms with Crippen LogP contribution in [0.3, 0.4) is 0 Å². The highest BCUT2D eigenvalue weighted by atomic mass is 16.5. The molecule has 0 aromatic heterocycles. The zero-order valence-electron chi connectivity index (χ0n) is 11.9. The second-order valence-electron chi connectivity index (χ2n) is 5.09. The van der Waals surface area contributed by atoms with E-state index < -0.39 is 0 Å². The van der Waals surface area contributed by atoms with Crippen molar-refractivity contribution in [3.8, 4) is 5.75 Å². The summed E-state index contributed by atoms with van der Waals surface area (Å²) in [6.07, 6.45) is -0.174. The molecule has 4 heteroatoms. The minimum absolute atomic E-state index is 0.0662. The minimum Gasteiger partial charge on any atom is -0.494 e. The third kappa shape index (κ3) is 3.26. The van der Waals surface area contributed by atoms with Gasteiger partial charge in [-0.15, -0.1) is 0 Å². The van der Waals surface area contributed by atoms with Crippen molar-refractivity contribution in [2.75, 3.05) is 19.8 Å². The van der Waals surface area contributed by atoms with Crippen LogP contribution in [0, 0.1) is 0 Å². The smallest absolute Gasteiger partial charge is 0.137 e. The summed E-state index contributed by atoms with van der Waals surface area (Å²) in [5.74, 6) is 0.874. The van der Waals surface area contributed by atoms with E-state index >= 15 is 0 Å². The van der Waals surface area contributed by atoms with Crippen molar-refractivity contribution in [3.63, 3.8) is 0 Å². The van der Waals surface area contributed by atoms with Crippen LogP contribution in [-0.2, 0) is 4.74 Å². The normalized spacial score (nSPS) is 24.1. The van der Waals surface area contributed by atoms with Gasteiger partial charge >= 0.3 is 0 Å². The number of aliphatic hydroxyl groups is 1. The average molecular weight is 265 g/mol. The van der Waals surface area contributed by atoms with Gasteiger partial charge in [-0.05, 0) is 38.5 Å². The van der Waals surface area contributed by atoms with E-state index in [1.165, 1.54) is 0 Å². The average Bonchev–Trinajstić information content (AvgIpc) is 2.84. The Bertz CT molecular complexity index is 391. The van der Waals surface area contributed by atoms with Crippen LogP contribution in [0.25, 0.3) is 0 Å². The molecule has 0 bridgehead atoms. The van der Waals surface area contributed by atoms with Crippen LogP contribution in [0.4, 0.5) is 0 Å². The number of nitrogens with zero attached hydrogens (tertiary/aromatic N) is 1. The Morgan fingerprint density at radius 1 is 1.37 bits per heavy atom. The number of hydrogen-bond acceptors (Lipinski definition) is 4. The van der Waals surface area contributed by atoms with Gasteiger partial charge in [0.05, 0.1) is 19.3 Å². The summed E-state index contributed by atoms with van der Waals surface area (Å²) in [5, 5.41) is 9.27. The fraction of sp³-hybridized carbons (Fsp3) is 0.600. The predicted molar refractivity (Wildman–Crippen MR) is 74.2 cm³/mol. The molecule has 0 spiro atoms. The highest BCUT2D eigenvalue weighted by molar-refractivity contribution is 5.29. The first-order valence-corrected chi connectivity index (χ1v) is 6.90. The molecule has 1 N–H and O–H groups in total. The molecule has 1 heterocycles. The van der Waals surface area contributed by atoms with Crippen molar-refractivity contribution in [2.45, 2.75) is 39.1 Å². The first-order chi connectivity index (χ1) is 9.15. The first kappa shape index (κ1) is 14.3. The summed E-state index contributed by atoms with van der Waals surface area (Å²) in [4.78, 5) is 2.26. The van der Waals surface area contributed by atoms with Gasteiger partial charge in [-0.25, -0.2) is 0 Å². The van der Waals surface area contributed by atoms with Gasteiger partial charge in [-0.3, -0.25) is 4.90 Å². The Morgan fingerprint density at radius 2 is 2.05 bits per heavy atom. The molecular weight excluding hydrogens is 242 g/mol. The zero-order valence-corrected chi connectivity index (χ0v) is 11.9. The molecule has 0 radical (unpaired) electrons. The SMILES string of the molecule is CCOc1ccc(C2OC(CO)CN2C(C)C)cc1. The van der Waals surface area contributed by atoms with Crippen molar-refractivity contribution >= 4 is 0 Å². The molecule has 2 unspecified atom stereocenters. The number of aliphatic hydroxyl groups excluding tert-OH is 1. The van der Waals surface area contributed by atoms with E-state index in [2.05, 4.69) is 18.7 Å². The third-order valence-corrected chi connectivity index (χ3v) is 3.38. The fourth-order valence-electron chi connectivity index (χ4n) is 2.38. The van der Waals surface area contributed by atoms with E-state index in [-0.39, 0.29) is 18.9 Å². The van der Waals surface area contributed by atoms with Crippen LogP contribution < -0.4 is 4.74 Å². The summed E-state index contributed by atoms with van der Waals surface area (Å²) in [6.45, 7) is 7.77. The Kier molecular flexibility index (Phi) is 4.80. The molecule has 1 saturated heterocycles. The number of benzene rings is 1. The van der Waals surface area contributed by atoms with E-state index in [0.717, 1.165) is 17.9 Å². The number of hydrogen-bond donors (Lipinski definition) is 1. The zero-order chi connectivity index (χ0) is 13.8. The van der Waals surface area contributed by atoms with E-state index in [4.69, 9.17) is 9.47 Å². The van der Waals surface area contributed by atoms with Gasteiger partial charge in [0.15, 0.2) is 0 Å². The minimum atomic E-state index is -0.0982. The molecule has 1 aliphatic heterocycles. The van der Waals surface area contributed by atoms with E-state index in [9.17, 15) is 5.11 Å². The molecule has 2 atom stereocenters. The van der Waals surface area contributed by atoms with Crippen LogP contribution in [0.2, 0.25) is 0 Å². The highest BCUT2D eigenvalue weighted by Crippen LogP contribution is 2.32. The van der Waals surface area contributed by atoms with Crippen LogP contribution in [0.15, 0.2) is 24.3 Å². The maximum absolute atomic E-state index is 9.27. The predicted octanol–water partition coefficient (Wildman–Crippen LogP) is 2.19. The summed E-state index contributed by atoms with van der Waals surface area (Å²) < 4.78 is 11.4. The van der Waals surface area contributed by atoms with Crippen molar-refractivity contribution in [2.24, 2.45) is 0 Å². The largest absolute Gasteiger partial charge is 0.494 e. The molecule has 0 amide bonds. The molecule has 1 aromatic rings. The van der Waals surface area contributed by atoms with E-state index in [1.54, 1.807) is 0 Å². The van der Waals surface area contributed by atoms with Crippen LogP contribution in [0.5, 0.6) is 5.75 Å². The van der Waals surface area contributed by atoms with Gasteiger partial charge in [0, 0.05) is 12.6 Å². The Morgan fingerprint density at radius 3 is 2.58 bits per heavy atom. The molecule has 4 nitrogen and oxygen atoms in total. The Labute approximate surface area is 114 Å². The molecule has 2 rings (SSSR count). The monoisotopic (exact) mass is 265 g/mol. The van der Waals surface area contributed by atoms with Gasteiger partial charge in [-0.1, -0.05) is 12.1 Å². The van der Waals surface area contributed by atoms with E-state index in [1.807, 2.05) is 31.2 Å². The maximum Gasteiger partial charge on any atom is 0.137 e. The lowest BCUT2D eigenvalue weighted by atomic mass is 10.1. The second-order valence-corrected chi connectivity index (χ2v) is 5.09. The lowest BCUT2D eigenvalue weighted by Gasteiger charge is -2.26. The van der Waals surface area contributed by atoms with Crippen molar-refractivity contribution in [3.05, 3.63) is 29.8 Å². The summed E-state index contributed by atoms with van der Waals surface area (Å²) in [5.41, 5.74) is 1.10. The maximum atomic E-state index is 9.27. The molecule has 19 heavy (non-hydrogen) atoms. The summed E-state index contributed by atoms with van der Waals surface area (Å²) in [7, 11) is 0. The second kappa shape index (κ2) is 6.37. The van der Waals surface area contributed by atoms with Gasteiger partial charge in [0.2, 0.25) is 0 Å². The fourth-order valence-corrected chi connectivity index (χ4v) is 2.38. The van der Waals surface area contributed by atoms with Crippen molar-refractivity contribution in [1.29, 1.82) is 0 Å². The molecular formula is C15H23NO3. The number of rotatable bonds is 5. The highest BCUT2D eigenvalue weighted by Gasteiger charge is 2.34. The van der Waals surface area contributed by atoms with Gasteiger partial charge in [-0.2, -0.15) is 0 Å². The molecule has 1 fully saturated rings. The van der Waals surface area contributed by atoms with Gasteiger partial charge in [0.1, 0.15) is 12.0 Å². The molecule has 0 saturated carbocycles. The third-order valence-electron chi connectivity index (χ3n) is 3.38. The molecule has 1 aromatic carbocycles. The van der Waals surface area contributed by atoms with Crippen LogP contribution in [0.1, 0.15) is 32.6 Å². The molecule has 0 aliphatic carbocycles. The number of ether oxygens (including phenoxy) is 2. The van der Waals surface area contributed by atoms with E-state index in [0.29, 0.717) is 12.6 Å². The van der Waals surface area contributed by atoms with Crippen molar-refractivity contribution < 1.29 is 14.6 Å². The lowest BCUT2D eigenvalue weighted by Crippen LogP contribution is -2.32. The topological polar surface area (TPSA) is 41.9 Å². The van der Waals surface area contributed by atoms with Crippen LogP contribution >= 0.6 is 0 Å². The summed E-state index contributed by atoms with van der Waals surface area (Å²) >= 11 is 0. The molecule has 1 aliphatic rings. The summed E-state index contributed by atoms with van der Waals surface area (Å²) in [6, 6.07) is 8.38.